The Morgan fingerprint density at radius 2 is 2.00 bits per heavy atom. The molecule has 0 radical (unpaired) electrons. The van der Waals surface area contributed by atoms with Gasteiger partial charge in [-0.1, -0.05) is 6.92 Å². The lowest BCUT2D eigenvalue weighted by Crippen LogP contribution is -2.12. The van der Waals surface area contributed by atoms with Gasteiger partial charge >= 0.3 is 0 Å². The number of rotatable bonds is 1. The predicted molar refractivity (Wildman–Crippen MR) is 48.8 cm³/mol. The van der Waals surface area contributed by atoms with E-state index >= 15 is 0 Å². The molecule has 12 heavy (non-hydrogen) atoms. The van der Waals surface area contributed by atoms with Gasteiger partial charge in [0.05, 0.1) is 0 Å². The number of nitriles is 1. The normalized spacial score (nSPS) is 9.08. The van der Waals surface area contributed by atoms with Gasteiger partial charge in [0.15, 0.2) is 6.19 Å². The largest absolute Gasteiger partial charge is 0.300 e. The maximum Gasteiger partial charge on any atom is 0.182 e. The monoisotopic (exact) mass is 169 g/mol. The molecule has 68 valence electrons. The number of hydrogen-bond acceptors (Lipinski definition) is 3. The standard InChI is InChI=1S/C4H7N3.C4H8O/c1-4(6-2)7-3-5;1-3-4(2)5/h1-2H3,(H,6,7);3H2,1-2H3. The predicted octanol–water partition coefficient (Wildman–Crippen LogP) is 1.09. The number of nitrogens with zero attached hydrogens (tertiary/aromatic N) is 2. The van der Waals surface area contributed by atoms with Crippen LogP contribution in [0.2, 0.25) is 0 Å². The fourth-order valence-electron chi connectivity index (χ4n) is 0.137. The minimum atomic E-state index is 0.255. The van der Waals surface area contributed by atoms with Gasteiger partial charge in [0.1, 0.15) is 11.6 Å². The zero-order valence-electron chi connectivity index (χ0n) is 8.01. The number of ketones is 1. The fraction of sp³-hybridized carbons (Fsp3) is 0.625. The first-order valence-electron chi connectivity index (χ1n) is 3.66. The average molecular weight is 169 g/mol. The molecule has 0 amide bonds. The van der Waals surface area contributed by atoms with Crippen LogP contribution in [0.25, 0.3) is 0 Å². The molecule has 0 saturated carbocycles. The van der Waals surface area contributed by atoms with Gasteiger partial charge in [-0.25, -0.2) is 0 Å². The Bertz CT molecular complexity index is 191. The van der Waals surface area contributed by atoms with Gasteiger partial charge in [-0.3, -0.25) is 10.3 Å². The van der Waals surface area contributed by atoms with Crippen molar-refractivity contribution in [3.8, 4) is 6.19 Å². The Labute approximate surface area is 73.3 Å². The maximum atomic E-state index is 9.81. The van der Waals surface area contributed by atoms with Crippen molar-refractivity contribution in [2.75, 3.05) is 7.05 Å². The van der Waals surface area contributed by atoms with Crippen molar-refractivity contribution in [3.05, 3.63) is 0 Å². The third-order valence-electron chi connectivity index (χ3n) is 1.07. The van der Waals surface area contributed by atoms with Crippen molar-refractivity contribution in [1.29, 1.82) is 5.26 Å². The SMILES string of the molecule is CCC(C)=O.CN=C(C)NC#N. The van der Waals surface area contributed by atoms with E-state index in [0.29, 0.717) is 12.3 Å². The summed E-state index contributed by atoms with van der Waals surface area (Å²) in [5.74, 6) is 0.896. The minimum Gasteiger partial charge on any atom is -0.300 e. The van der Waals surface area contributed by atoms with E-state index in [1.807, 2.05) is 6.92 Å². The highest BCUT2D eigenvalue weighted by Crippen LogP contribution is 1.71. The van der Waals surface area contributed by atoms with E-state index in [9.17, 15) is 4.79 Å². The number of carbonyl (C=O) groups is 1. The van der Waals surface area contributed by atoms with Crippen molar-refractivity contribution in [3.63, 3.8) is 0 Å². The van der Waals surface area contributed by atoms with Gasteiger partial charge in [-0.05, 0) is 13.8 Å². The van der Waals surface area contributed by atoms with Gasteiger partial charge in [-0.2, -0.15) is 5.26 Å². The Morgan fingerprint density at radius 1 is 1.58 bits per heavy atom. The molecule has 0 aromatic heterocycles. The van der Waals surface area contributed by atoms with Gasteiger partial charge in [-0.15, -0.1) is 0 Å². The Hall–Kier alpha value is -1.37. The van der Waals surface area contributed by atoms with Crippen LogP contribution in [0.3, 0.4) is 0 Å². The molecule has 0 atom stereocenters. The molecule has 0 aromatic rings. The van der Waals surface area contributed by atoms with Crippen molar-refractivity contribution in [2.24, 2.45) is 4.99 Å². The second-order valence-electron chi connectivity index (χ2n) is 2.10. The lowest BCUT2D eigenvalue weighted by atomic mass is 10.4. The van der Waals surface area contributed by atoms with Crippen LogP contribution in [-0.4, -0.2) is 18.7 Å². The number of aliphatic imine (C=N–C) groups is 1. The molecule has 0 aromatic carbocycles. The molecular weight excluding hydrogens is 154 g/mol. The maximum absolute atomic E-state index is 9.81. The molecule has 0 aliphatic rings. The highest BCUT2D eigenvalue weighted by molar-refractivity contribution is 5.80. The van der Waals surface area contributed by atoms with Crippen LogP contribution in [0.1, 0.15) is 27.2 Å². The first-order valence-corrected chi connectivity index (χ1v) is 3.66. The van der Waals surface area contributed by atoms with Gasteiger partial charge < -0.3 is 4.79 Å². The second-order valence-corrected chi connectivity index (χ2v) is 2.10. The summed E-state index contributed by atoms with van der Waals surface area (Å²) in [6.45, 7) is 5.16. The summed E-state index contributed by atoms with van der Waals surface area (Å²) in [5.41, 5.74) is 0. The Kier molecular flexibility index (Phi) is 10.6. The molecule has 0 bridgehead atoms. The third kappa shape index (κ3) is 15.9. The molecular formula is C8H15N3O. The minimum absolute atomic E-state index is 0.255. The highest BCUT2D eigenvalue weighted by atomic mass is 16.1. The van der Waals surface area contributed by atoms with Gasteiger partial charge in [0, 0.05) is 13.5 Å². The first-order chi connectivity index (χ1) is 5.58. The molecule has 0 aliphatic heterocycles. The van der Waals surface area contributed by atoms with Crippen LogP contribution in [0.4, 0.5) is 0 Å². The van der Waals surface area contributed by atoms with Gasteiger partial charge in [0.25, 0.3) is 0 Å². The topological polar surface area (TPSA) is 65.2 Å². The molecule has 0 rings (SSSR count). The lowest BCUT2D eigenvalue weighted by molar-refractivity contribution is -0.116. The van der Waals surface area contributed by atoms with Crippen molar-refractivity contribution in [2.45, 2.75) is 27.2 Å². The number of carbonyl (C=O) groups excluding carboxylic acids is 1. The second kappa shape index (κ2) is 9.63. The molecule has 0 spiro atoms. The number of amidine groups is 1. The molecule has 0 heterocycles. The summed E-state index contributed by atoms with van der Waals surface area (Å²) in [4.78, 5) is 13.5. The first kappa shape index (κ1) is 13.2. The zero-order valence-corrected chi connectivity index (χ0v) is 8.01. The molecule has 0 aliphatic carbocycles. The van der Waals surface area contributed by atoms with Crippen LogP contribution in [0.15, 0.2) is 4.99 Å². The summed E-state index contributed by atoms with van der Waals surface area (Å²) < 4.78 is 0. The molecule has 0 saturated heterocycles. The van der Waals surface area contributed by atoms with E-state index in [1.54, 1.807) is 27.1 Å². The van der Waals surface area contributed by atoms with Crippen molar-refractivity contribution >= 4 is 11.6 Å². The van der Waals surface area contributed by atoms with Crippen LogP contribution in [0, 0.1) is 11.5 Å². The molecule has 4 nitrogen and oxygen atoms in total. The van der Waals surface area contributed by atoms with E-state index in [4.69, 9.17) is 5.26 Å². The number of nitrogens with one attached hydrogen (secondary N) is 1. The summed E-state index contributed by atoms with van der Waals surface area (Å²) >= 11 is 0. The molecule has 4 heteroatoms. The number of hydrogen-bond donors (Lipinski definition) is 1. The quantitative estimate of drug-likeness (QED) is 0.276. The summed E-state index contributed by atoms with van der Waals surface area (Å²) in [6, 6.07) is 0. The highest BCUT2D eigenvalue weighted by Gasteiger charge is 1.77. The Morgan fingerprint density at radius 3 is 2.08 bits per heavy atom. The van der Waals surface area contributed by atoms with Crippen LogP contribution in [-0.2, 0) is 4.79 Å². The van der Waals surface area contributed by atoms with E-state index < -0.39 is 0 Å². The van der Waals surface area contributed by atoms with E-state index in [-0.39, 0.29) is 5.78 Å². The molecule has 0 fully saturated rings. The summed E-state index contributed by atoms with van der Waals surface area (Å²) in [7, 11) is 1.62. The van der Waals surface area contributed by atoms with Crippen LogP contribution < -0.4 is 5.32 Å². The Balaban J connectivity index is 0. The number of Topliss-reactive ketones (excluding diaryl/α,β-unsaturated/α-hetero) is 1. The fourth-order valence-corrected chi connectivity index (χ4v) is 0.137. The zero-order chi connectivity index (χ0) is 9.98. The van der Waals surface area contributed by atoms with E-state index in [2.05, 4.69) is 10.3 Å². The van der Waals surface area contributed by atoms with E-state index in [1.165, 1.54) is 0 Å². The third-order valence-corrected chi connectivity index (χ3v) is 1.07. The van der Waals surface area contributed by atoms with Crippen molar-refractivity contribution in [1.82, 2.24) is 5.32 Å². The van der Waals surface area contributed by atoms with Gasteiger partial charge in [0.2, 0.25) is 0 Å². The van der Waals surface area contributed by atoms with Crippen LogP contribution >= 0.6 is 0 Å². The van der Waals surface area contributed by atoms with E-state index in [0.717, 1.165) is 0 Å². The van der Waals surface area contributed by atoms with Crippen LogP contribution in [0.5, 0.6) is 0 Å². The lowest BCUT2D eigenvalue weighted by Gasteiger charge is -1.86. The molecule has 0 unspecified atom stereocenters. The van der Waals surface area contributed by atoms with Crippen molar-refractivity contribution < 1.29 is 4.79 Å². The summed E-state index contributed by atoms with van der Waals surface area (Å²) in [5, 5.41) is 10.3. The summed E-state index contributed by atoms with van der Waals surface area (Å²) in [6.07, 6.45) is 2.40. The average Bonchev–Trinajstić information content (AvgIpc) is 2.06. The smallest absolute Gasteiger partial charge is 0.182 e. The molecule has 1 N–H and O–H groups in total.